The molecule has 8 aromatic rings. The summed E-state index contributed by atoms with van der Waals surface area (Å²) in [4.78, 5) is 2.65. The highest BCUT2D eigenvalue weighted by Crippen LogP contribution is 2.65. The van der Waals surface area contributed by atoms with Crippen LogP contribution in [0.5, 0.6) is 0 Å². The van der Waals surface area contributed by atoms with Gasteiger partial charge in [0.05, 0.1) is 10.8 Å². The fourth-order valence-corrected chi connectivity index (χ4v) is 14.5. The van der Waals surface area contributed by atoms with Crippen LogP contribution in [0, 0.1) is 0 Å². The number of rotatable bonds is 5. The number of hydrogen-bond donors (Lipinski definition) is 0. The third-order valence-electron chi connectivity index (χ3n) is 17.5. The molecule has 360 valence electrons. The fourth-order valence-electron chi connectivity index (χ4n) is 14.5. The van der Waals surface area contributed by atoms with Gasteiger partial charge in [0.2, 0.25) is 0 Å². The molecule has 8 aromatic carbocycles. The molecule has 1 nitrogen and oxygen atoms in total. The molecular formula is C72H67N. The molecule has 1 unspecified atom stereocenters. The molecule has 0 N–H and O–H groups in total. The van der Waals surface area contributed by atoms with Gasteiger partial charge in [0, 0.05) is 27.9 Å². The van der Waals surface area contributed by atoms with E-state index in [9.17, 15) is 0 Å². The van der Waals surface area contributed by atoms with E-state index in [2.05, 4.69) is 245 Å². The van der Waals surface area contributed by atoms with Crippen LogP contribution in [0.2, 0.25) is 0 Å². The minimum atomic E-state index is -0.464. The average Bonchev–Trinajstić information content (AvgIpc) is 4.01. The molecule has 1 spiro atoms. The second-order valence-corrected chi connectivity index (χ2v) is 21.3. The van der Waals surface area contributed by atoms with E-state index in [1.54, 1.807) is 5.57 Å². The zero-order valence-corrected chi connectivity index (χ0v) is 44.0. The van der Waals surface area contributed by atoms with Crippen molar-refractivity contribution in [1.29, 1.82) is 0 Å². The molecule has 0 radical (unpaired) electrons. The van der Waals surface area contributed by atoms with Gasteiger partial charge in [0.25, 0.3) is 0 Å². The lowest BCUT2D eigenvalue weighted by molar-refractivity contribution is 0.524. The Morgan fingerprint density at radius 3 is 1.55 bits per heavy atom. The van der Waals surface area contributed by atoms with Crippen LogP contribution >= 0.6 is 0 Å². The molecule has 73 heavy (non-hydrogen) atoms. The first-order valence-electron chi connectivity index (χ1n) is 27.2. The van der Waals surface area contributed by atoms with E-state index in [1.807, 2.05) is 27.7 Å². The summed E-state index contributed by atoms with van der Waals surface area (Å²) in [6.07, 6.45) is 11.6. The molecule has 0 fully saturated rings. The van der Waals surface area contributed by atoms with Gasteiger partial charge in [-0.25, -0.2) is 0 Å². The maximum Gasteiger partial charge on any atom is 0.0717 e. The number of anilines is 2. The van der Waals surface area contributed by atoms with Crippen LogP contribution in [0.25, 0.3) is 27.8 Å². The van der Waals surface area contributed by atoms with E-state index in [4.69, 9.17) is 0 Å². The summed E-state index contributed by atoms with van der Waals surface area (Å²) in [6.45, 7) is 17.8. The molecule has 1 atom stereocenters. The molecule has 0 bridgehead atoms. The van der Waals surface area contributed by atoms with Crippen LogP contribution in [-0.4, -0.2) is 0 Å². The van der Waals surface area contributed by atoms with Crippen molar-refractivity contribution in [2.45, 2.75) is 103 Å². The number of allylic oxidation sites excluding steroid dienone is 8. The van der Waals surface area contributed by atoms with Crippen molar-refractivity contribution in [3.63, 3.8) is 0 Å². The minimum absolute atomic E-state index is 0.0806. The predicted molar refractivity (Wildman–Crippen MR) is 309 cm³/mol. The van der Waals surface area contributed by atoms with Crippen molar-refractivity contribution in [3.05, 3.63) is 290 Å². The third-order valence-corrected chi connectivity index (χ3v) is 17.5. The summed E-state index contributed by atoms with van der Waals surface area (Å²) < 4.78 is 0. The third kappa shape index (κ3) is 6.40. The van der Waals surface area contributed by atoms with Crippen molar-refractivity contribution in [1.82, 2.24) is 0 Å². The van der Waals surface area contributed by atoms with Gasteiger partial charge in [0.1, 0.15) is 0 Å². The number of fused-ring (bicyclic) bond motifs is 13. The van der Waals surface area contributed by atoms with E-state index < -0.39 is 10.8 Å². The highest BCUT2D eigenvalue weighted by Gasteiger charge is 2.54. The monoisotopic (exact) mass is 946 g/mol. The summed E-state index contributed by atoms with van der Waals surface area (Å²) in [7, 11) is 0. The lowest BCUT2D eigenvalue weighted by Gasteiger charge is -2.48. The molecule has 0 amide bonds. The molecule has 0 saturated heterocycles. The maximum absolute atomic E-state index is 2.65. The Balaban J connectivity index is 0.00000133. The van der Waals surface area contributed by atoms with Gasteiger partial charge >= 0.3 is 0 Å². The van der Waals surface area contributed by atoms with Crippen LogP contribution in [0.15, 0.2) is 235 Å². The zero-order valence-electron chi connectivity index (χ0n) is 44.0. The Kier molecular flexibility index (Phi) is 11.2. The summed E-state index contributed by atoms with van der Waals surface area (Å²) in [5.41, 5.74) is 27.6. The van der Waals surface area contributed by atoms with Gasteiger partial charge in [-0.1, -0.05) is 243 Å². The zero-order chi connectivity index (χ0) is 50.3. The van der Waals surface area contributed by atoms with Crippen molar-refractivity contribution in [3.8, 4) is 22.3 Å². The first-order valence-corrected chi connectivity index (χ1v) is 27.2. The Hall–Kier alpha value is -7.48. The molecule has 0 heterocycles. The van der Waals surface area contributed by atoms with Crippen molar-refractivity contribution in [2.24, 2.45) is 0 Å². The first-order chi connectivity index (χ1) is 35.7. The summed E-state index contributed by atoms with van der Waals surface area (Å²) in [6, 6.07) is 74.3. The molecule has 0 aromatic heterocycles. The second kappa shape index (κ2) is 17.6. The largest absolute Gasteiger partial charge is 0.314 e. The smallest absolute Gasteiger partial charge is 0.0717 e. The van der Waals surface area contributed by atoms with Crippen LogP contribution in [-0.2, 0) is 21.7 Å². The van der Waals surface area contributed by atoms with Crippen molar-refractivity contribution >= 4 is 16.9 Å². The van der Waals surface area contributed by atoms with E-state index in [1.165, 1.54) is 112 Å². The van der Waals surface area contributed by atoms with Crippen LogP contribution < -0.4 is 4.90 Å². The molecule has 1 heteroatoms. The minimum Gasteiger partial charge on any atom is -0.314 e. The van der Waals surface area contributed by atoms with Gasteiger partial charge in [-0.05, 0) is 151 Å². The molecule has 6 aliphatic carbocycles. The molecule has 6 aliphatic rings. The maximum atomic E-state index is 2.65. The van der Waals surface area contributed by atoms with E-state index in [-0.39, 0.29) is 10.8 Å². The van der Waals surface area contributed by atoms with Gasteiger partial charge in [0.15, 0.2) is 0 Å². The lowest BCUT2D eigenvalue weighted by atomic mass is 9.54. The fraction of sp³-hybridized carbons (Fsp3) is 0.222. The Morgan fingerprint density at radius 2 is 0.877 bits per heavy atom. The Bertz CT molecular complexity index is 3570. The van der Waals surface area contributed by atoms with Crippen molar-refractivity contribution in [2.75, 3.05) is 4.90 Å². The topological polar surface area (TPSA) is 3.24 Å². The predicted octanol–water partition coefficient (Wildman–Crippen LogP) is 18.9. The summed E-state index contributed by atoms with van der Waals surface area (Å²) in [5.74, 6) is 0. The molecule has 0 aliphatic heterocycles. The summed E-state index contributed by atoms with van der Waals surface area (Å²) >= 11 is 0. The SMILES string of the molecule is CC.CC.CC1(C)C2=C(CCC(N(c3ccc4c(c3)-c3ccccc3C4(c3ccccc3)c3ccccc3)c3ccc4c(c3)C3(C5=C(CCC=C5)C(C)(C)c5ccccc53)c3ccccc3-4)=C2)c2ccccc21. The normalized spacial score (nSPS) is 19.0. The van der Waals surface area contributed by atoms with Gasteiger partial charge in [-0.3, -0.25) is 0 Å². The Morgan fingerprint density at radius 1 is 0.370 bits per heavy atom. The van der Waals surface area contributed by atoms with Crippen molar-refractivity contribution < 1.29 is 0 Å². The highest BCUT2D eigenvalue weighted by molar-refractivity contribution is 5.93. The standard InChI is InChI=1S/C68H55N.2C2H6/c1-65(2)55-28-14-11-25-49(55)52-38-35-47(42-63(52)65)69(46-37-40-58-54(41-46)51-27-13-15-29-56(51)67(58,44-21-7-5-8-22-44)45-23-9-6-10-24-45)48-36-39-53-50-26-12-16-30-57(50)68(64(53)43-48)61-33-19-17-31-59(61)66(3,4)60-32-18-20-34-62(60)68;2*1-2/h5-17,19-31,33-34,36-37,39-43H,18,32,35,38H2,1-4H3;2*1-2H3. The summed E-state index contributed by atoms with van der Waals surface area (Å²) in [5, 5.41) is 0. The average molecular weight is 946 g/mol. The van der Waals surface area contributed by atoms with Gasteiger partial charge in [-0.15, -0.1) is 0 Å². The van der Waals surface area contributed by atoms with Gasteiger partial charge in [-0.2, -0.15) is 0 Å². The lowest BCUT2D eigenvalue weighted by Crippen LogP contribution is -2.41. The van der Waals surface area contributed by atoms with Crippen LogP contribution in [0.1, 0.15) is 137 Å². The highest BCUT2D eigenvalue weighted by atomic mass is 15.1. The quantitative estimate of drug-likeness (QED) is 0.166. The molecular weight excluding hydrogens is 879 g/mol. The van der Waals surface area contributed by atoms with Crippen LogP contribution in [0.4, 0.5) is 11.4 Å². The Labute approximate surface area is 435 Å². The van der Waals surface area contributed by atoms with Gasteiger partial charge < -0.3 is 4.90 Å². The van der Waals surface area contributed by atoms with E-state index in [0.29, 0.717) is 0 Å². The first kappa shape index (κ1) is 46.6. The molecule has 0 saturated carbocycles. The van der Waals surface area contributed by atoms with Crippen LogP contribution in [0.3, 0.4) is 0 Å². The molecule has 14 rings (SSSR count). The van der Waals surface area contributed by atoms with E-state index in [0.717, 1.165) is 25.7 Å². The van der Waals surface area contributed by atoms with E-state index >= 15 is 0 Å². The number of nitrogens with zero attached hydrogens (tertiary/aromatic N) is 1. The number of hydrogen-bond acceptors (Lipinski definition) is 1. The second-order valence-electron chi connectivity index (χ2n) is 21.3. The number of benzene rings is 8.